The number of hydrogen-bond donors (Lipinski definition) is 1. The molecule has 0 radical (unpaired) electrons. The van der Waals surface area contributed by atoms with Crippen molar-refractivity contribution in [3.05, 3.63) is 0 Å². The lowest BCUT2D eigenvalue weighted by Crippen LogP contribution is -2.39. The van der Waals surface area contributed by atoms with Gasteiger partial charge in [0, 0.05) is 6.04 Å². The average molecular weight is 185 g/mol. The Morgan fingerprint density at radius 2 is 2.15 bits per heavy atom. The molecule has 1 rings (SSSR count). The monoisotopic (exact) mass is 185 g/mol. The first-order chi connectivity index (χ1) is 6.19. The van der Waals surface area contributed by atoms with E-state index >= 15 is 0 Å². The van der Waals surface area contributed by atoms with Gasteiger partial charge in [-0.3, -0.25) is 9.69 Å². The first-order valence-corrected chi connectivity index (χ1v) is 5.14. The average Bonchev–Trinajstić information content (AvgIpc) is 2.87. The highest BCUT2D eigenvalue weighted by atomic mass is 16.4. The number of likely N-dealkylation sites (N-methyl/N-ethyl adjacent to an activating group) is 1. The SMILES string of the molecule is CCC(C1CC1)N(CC)CC(=O)O. The third-order valence-corrected chi connectivity index (χ3v) is 2.80. The Bertz CT molecular complexity index is 178. The highest BCUT2D eigenvalue weighted by Crippen LogP contribution is 2.36. The smallest absolute Gasteiger partial charge is 0.317 e. The Balaban J connectivity index is 2.45. The zero-order chi connectivity index (χ0) is 9.84. The third kappa shape index (κ3) is 2.99. The van der Waals surface area contributed by atoms with Gasteiger partial charge in [-0.15, -0.1) is 0 Å². The molecular formula is C10H19NO2. The van der Waals surface area contributed by atoms with Gasteiger partial charge in [0.2, 0.25) is 0 Å². The van der Waals surface area contributed by atoms with Crippen molar-refractivity contribution in [1.82, 2.24) is 4.90 Å². The van der Waals surface area contributed by atoms with Crippen LogP contribution >= 0.6 is 0 Å². The Morgan fingerprint density at radius 3 is 2.46 bits per heavy atom. The minimum absolute atomic E-state index is 0.200. The predicted octanol–water partition coefficient (Wildman–Crippen LogP) is 1.58. The molecule has 0 aliphatic heterocycles. The number of hydrogen-bond acceptors (Lipinski definition) is 2. The van der Waals surface area contributed by atoms with Crippen molar-refractivity contribution >= 4 is 5.97 Å². The van der Waals surface area contributed by atoms with Crippen molar-refractivity contribution in [2.75, 3.05) is 13.1 Å². The van der Waals surface area contributed by atoms with Crippen LogP contribution in [-0.2, 0) is 4.79 Å². The molecule has 1 fully saturated rings. The van der Waals surface area contributed by atoms with Crippen LogP contribution in [-0.4, -0.2) is 35.1 Å². The number of nitrogens with zero attached hydrogens (tertiary/aromatic N) is 1. The number of carboxylic acid groups (broad SMARTS) is 1. The molecule has 0 aromatic carbocycles. The molecule has 1 N–H and O–H groups in total. The van der Waals surface area contributed by atoms with Gasteiger partial charge in [0.05, 0.1) is 6.54 Å². The molecule has 0 saturated heterocycles. The lowest BCUT2D eigenvalue weighted by Gasteiger charge is -2.28. The summed E-state index contributed by atoms with van der Waals surface area (Å²) < 4.78 is 0. The quantitative estimate of drug-likeness (QED) is 0.683. The lowest BCUT2D eigenvalue weighted by atomic mass is 10.1. The van der Waals surface area contributed by atoms with E-state index in [9.17, 15) is 4.79 Å². The van der Waals surface area contributed by atoms with Crippen LogP contribution in [0, 0.1) is 5.92 Å². The molecule has 0 spiro atoms. The molecule has 1 unspecified atom stereocenters. The van der Waals surface area contributed by atoms with Crippen molar-refractivity contribution in [2.24, 2.45) is 5.92 Å². The van der Waals surface area contributed by atoms with Gasteiger partial charge in [-0.1, -0.05) is 13.8 Å². The van der Waals surface area contributed by atoms with E-state index in [2.05, 4.69) is 11.8 Å². The summed E-state index contributed by atoms with van der Waals surface area (Å²) in [7, 11) is 0. The highest BCUT2D eigenvalue weighted by Gasteiger charge is 2.33. The molecule has 0 bridgehead atoms. The van der Waals surface area contributed by atoms with Crippen LogP contribution in [0.3, 0.4) is 0 Å². The Kier molecular flexibility index (Phi) is 3.72. The van der Waals surface area contributed by atoms with E-state index < -0.39 is 5.97 Å². The van der Waals surface area contributed by atoms with Crippen molar-refractivity contribution in [3.63, 3.8) is 0 Å². The molecule has 1 saturated carbocycles. The van der Waals surface area contributed by atoms with E-state index in [0.29, 0.717) is 6.04 Å². The van der Waals surface area contributed by atoms with Crippen LogP contribution in [0.15, 0.2) is 0 Å². The molecule has 0 aromatic heterocycles. The van der Waals surface area contributed by atoms with Gasteiger partial charge in [-0.25, -0.2) is 0 Å². The van der Waals surface area contributed by atoms with Crippen LogP contribution in [0.2, 0.25) is 0 Å². The fourth-order valence-electron chi connectivity index (χ4n) is 2.01. The van der Waals surface area contributed by atoms with E-state index in [1.165, 1.54) is 12.8 Å². The Labute approximate surface area is 79.7 Å². The molecule has 13 heavy (non-hydrogen) atoms. The van der Waals surface area contributed by atoms with Crippen LogP contribution in [0.5, 0.6) is 0 Å². The molecule has 1 aliphatic carbocycles. The van der Waals surface area contributed by atoms with Gasteiger partial charge in [0.25, 0.3) is 0 Å². The zero-order valence-corrected chi connectivity index (χ0v) is 8.49. The largest absolute Gasteiger partial charge is 0.480 e. The van der Waals surface area contributed by atoms with E-state index in [1.807, 2.05) is 6.92 Å². The van der Waals surface area contributed by atoms with Gasteiger partial charge < -0.3 is 5.11 Å². The summed E-state index contributed by atoms with van der Waals surface area (Å²) in [5, 5.41) is 8.72. The lowest BCUT2D eigenvalue weighted by molar-refractivity contribution is -0.139. The van der Waals surface area contributed by atoms with Gasteiger partial charge in [0.15, 0.2) is 0 Å². The Hall–Kier alpha value is -0.570. The number of carboxylic acids is 1. The fourth-order valence-corrected chi connectivity index (χ4v) is 2.01. The molecule has 3 heteroatoms. The second-order valence-corrected chi connectivity index (χ2v) is 3.77. The van der Waals surface area contributed by atoms with Crippen LogP contribution in [0.4, 0.5) is 0 Å². The van der Waals surface area contributed by atoms with Gasteiger partial charge in [-0.2, -0.15) is 0 Å². The van der Waals surface area contributed by atoms with Crippen LogP contribution < -0.4 is 0 Å². The summed E-state index contributed by atoms with van der Waals surface area (Å²) in [5.41, 5.74) is 0. The van der Waals surface area contributed by atoms with Crippen LogP contribution in [0.25, 0.3) is 0 Å². The van der Waals surface area contributed by atoms with Crippen molar-refractivity contribution < 1.29 is 9.90 Å². The summed E-state index contributed by atoms with van der Waals surface area (Å²) in [6.45, 7) is 5.23. The van der Waals surface area contributed by atoms with Gasteiger partial charge >= 0.3 is 5.97 Å². The minimum Gasteiger partial charge on any atom is -0.480 e. The summed E-state index contributed by atoms with van der Waals surface area (Å²) in [4.78, 5) is 12.7. The van der Waals surface area contributed by atoms with E-state index in [1.54, 1.807) is 0 Å². The number of rotatable bonds is 6. The molecule has 1 aliphatic rings. The van der Waals surface area contributed by atoms with Gasteiger partial charge in [0.1, 0.15) is 0 Å². The predicted molar refractivity (Wildman–Crippen MR) is 51.7 cm³/mol. The van der Waals surface area contributed by atoms with E-state index in [-0.39, 0.29) is 6.54 Å². The highest BCUT2D eigenvalue weighted by molar-refractivity contribution is 5.69. The molecule has 0 aromatic rings. The first kappa shape index (κ1) is 10.5. The molecular weight excluding hydrogens is 166 g/mol. The molecule has 0 heterocycles. The molecule has 0 amide bonds. The maximum atomic E-state index is 10.6. The minimum atomic E-state index is -0.707. The number of carbonyl (C=O) groups is 1. The second kappa shape index (κ2) is 4.61. The molecule has 1 atom stereocenters. The summed E-state index contributed by atoms with van der Waals surface area (Å²) >= 11 is 0. The Morgan fingerprint density at radius 1 is 1.54 bits per heavy atom. The summed E-state index contributed by atoms with van der Waals surface area (Å²) in [6, 6.07) is 0.501. The van der Waals surface area contributed by atoms with Crippen molar-refractivity contribution in [2.45, 2.75) is 39.2 Å². The second-order valence-electron chi connectivity index (χ2n) is 3.77. The summed E-state index contributed by atoms with van der Waals surface area (Å²) in [5.74, 6) is 0.0604. The van der Waals surface area contributed by atoms with Crippen LogP contribution in [0.1, 0.15) is 33.1 Å². The summed E-state index contributed by atoms with van der Waals surface area (Å²) in [6.07, 6.45) is 3.65. The normalized spacial score (nSPS) is 19.0. The van der Waals surface area contributed by atoms with Crippen molar-refractivity contribution in [3.8, 4) is 0 Å². The van der Waals surface area contributed by atoms with E-state index in [0.717, 1.165) is 18.9 Å². The maximum absolute atomic E-state index is 10.6. The first-order valence-electron chi connectivity index (χ1n) is 5.14. The molecule has 3 nitrogen and oxygen atoms in total. The van der Waals surface area contributed by atoms with Gasteiger partial charge in [-0.05, 0) is 31.7 Å². The number of aliphatic carboxylic acids is 1. The maximum Gasteiger partial charge on any atom is 0.317 e. The van der Waals surface area contributed by atoms with E-state index in [4.69, 9.17) is 5.11 Å². The standard InChI is InChI=1S/C10H19NO2/c1-3-9(8-5-6-8)11(4-2)7-10(12)13/h8-9H,3-7H2,1-2H3,(H,12,13). The topological polar surface area (TPSA) is 40.5 Å². The fraction of sp³-hybridized carbons (Fsp3) is 0.900. The van der Waals surface area contributed by atoms with Crippen molar-refractivity contribution in [1.29, 1.82) is 0 Å². The molecule has 76 valence electrons. The zero-order valence-electron chi connectivity index (χ0n) is 8.49. The third-order valence-electron chi connectivity index (χ3n) is 2.80.